The summed E-state index contributed by atoms with van der Waals surface area (Å²) in [4.78, 5) is 2.33. The Morgan fingerprint density at radius 2 is 2.07 bits per heavy atom. The van der Waals surface area contributed by atoms with Crippen LogP contribution in [0.3, 0.4) is 0 Å². The Morgan fingerprint density at radius 1 is 1.29 bits per heavy atom. The van der Waals surface area contributed by atoms with E-state index in [1.54, 1.807) is 0 Å². The molecule has 0 bridgehead atoms. The zero-order valence-corrected chi connectivity index (χ0v) is 8.65. The Bertz CT molecular complexity index is 278. The zero-order chi connectivity index (χ0) is 9.80. The molecular weight excluding hydrogens is 173 g/mol. The van der Waals surface area contributed by atoms with E-state index in [2.05, 4.69) is 11.9 Å². The second-order valence-corrected chi connectivity index (χ2v) is 3.96. The molecule has 1 heterocycles. The SMILES string of the molecule is CN1CCCB(Oc2ccccc2)C1. The number of nitrogens with zero attached hydrogens (tertiary/aromatic N) is 1. The molecular formula is C11H16BNO. The van der Waals surface area contributed by atoms with Gasteiger partial charge in [0.05, 0.1) is 5.75 Å². The standard InChI is InChI=1S/C11H16BNO/c1-13-9-5-8-12(10-13)14-11-6-3-2-4-7-11/h2-4,6-7H,5,8-10H2,1H3. The van der Waals surface area contributed by atoms with Gasteiger partial charge < -0.3 is 9.55 Å². The third-order valence-electron chi connectivity index (χ3n) is 2.63. The fraction of sp³-hybridized carbons (Fsp3) is 0.455. The van der Waals surface area contributed by atoms with Gasteiger partial charge in [0.15, 0.2) is 0 Å². The van der Waals surface area contributed by atoms with Crippen molar-refractivity contribution in [3.63, 3.8) is 0 Å². The highest BCUT2D eigenvalue weighted by Gasteiger charge is 2.23. The van der Waals surface area contributed by atoms with E-state index in [4.69, 9.17) is 4.65 Å². The lowest BCUT2D eigenvalue weighted by atomic mass is 9.61. The average molecular weight is 189 g/mol. The van der Waals surface area contributed by atoms with Crippen LogP contribution in [0.15, 0.2) is 30.3 Å². The summed E-state index contributed by atoms with van der Waals surface area (Å²) in [7, 11) is 2.15. The third kappa shape index (κ3) is 2.52. The van der Waals surface area contributed by atoms with Crippen molar-refractivity contribution in [2.75, 3.05) is 20.0 Å². The van der Waals surface area contributed by atoms with E-state index in [0.29, 0.717) is 6.92 Å². The van der Waals surface area contributed by atoms with Crippen molar-refractivity contribution < 1.29 is 4.65 Å². The van der Waals surface area contributed by atoms with Gasteiger partial charge in [0.2, 0.25) is 0 Å². The molecule has 1 aromatic carbocycles. The topological polar surface area (TPSA) is 12.5 Å². The van der Waals surface area contributed by atoms with Crippen LogP contribution in [0.1, 0.15) is 6.42 Å². The van der Waals surface area contributed by atoms with Crippen molar-refractivity contribution >= 4 is 6.92 Å². The molecule has 0 amide bonds. The molecule has 1 aliphatic rings. The smallest absolute Gasteiger partial charge is 0.371 e. The number of hydrogen-bond donors (Lipinski definition) is 0. The fourth-order valence-electron chi connectivity index (χ4n) is 1.91. The second-order valence-electron chi connectivity index (χ2n) is 3.96. The van der Waals surface area contributed by atoms with Gasteiger partial charge in [-0.15, -0.1) is 0 Å². The minimum Gasteiger partial charge on any atom is -0.559 e. The largest absolute Gasteiger partial charge is 0.559 e. The molecule has 0 N–H and O–H groups in total. The van der Waals surface area contributed by atoms with Gasteiger partial charge in [0.1, 0.15) is 0 Å². The molecule has 0 aromatic heterocycles. The van der Waals surface area contributed by atoms with E-state index in [1.807, 2.05) is 30.3 Å². The number of para-hydroxylation sites is 1. The van der Waals surface area contributed by atoms with Crippen molar-refractivity contribution in [3.05, 3.63) is 30.3 Å². The number of benzene rings is 1. The normalized spacial score (nSPS) is 18.2. The fourth-order valence-corrected chi connectivity index (χ4v) is 1.91. The van der Waals surface area contributed by atoms with E-state index in [0.717, 1.165) is 12.2 Å². The Balaban J connectivity index is 1.91. The quantitative estimate of drug-likeness (QED) is 0.659. The molecule has 2 rings (SSSR count). The molecule has 0 atom stereocenters. The zero-order valence-electron chi connectivity index (χ0n) is 8.65. The monoisotopic (exact) mass is 189 g/mol. The van der Waals surface area contributed by atoms with Crippen LogP contribution < -0.4 is 4.65 Å². The highest BCUT2D eigenvalue weighted by Crippen LogP contribution is 2.15. The van der Waals surface area contributed by atoms with Gasteiger partial charge in [-0.05, 0) is 38.5 Å². The van der Waals surface area contributed by atoms with Crippen LogP contribution in [0.25, 0.3) is 0 Å². The Kier molecular flexibility index (Phi) is 3.09. The average Bonchev–Trinajstić information content (AvgIpc) is 2.19. The van der Waals surface area contributed by atoms with E-state index < -0.39 is 0 Å². The number of rotatable bonds is 2. The van der Waals surface area contributed by atoms with Gasteiger partial charge in [-0.1, -0.05) is 18.2 Å². The first-order valence-electron chi connectivity index (χ1n) is 5.25. The molecule has 14 heavy (non-hydrogen) atoms. The minimum absolute atomic E-state index is 0.371. The lowest BCUT2D eigenvalue weighted by Gasteiger charge is -2.27. The molecule has 1 saturated heterocycles. The molecule has 2 nitrogen and oxygen atoms in total. The van der Waals surface area contributed by atoms with Crippen LogP contribution in [0.4, 0.5) is 0 Å². The maximum absolute atomic E-state index is 5.88. The van der Waals surface area contributed by atoms with Crippen LogP contribution >= 0.6 is 0 Å². The predicted molar refractivity (Wildman–Crippen MR) is 59.7 cm³/mol. The highest BCUT2D eigenvalue weighted by molar-refractivity contribution is 6.53. The molecule has 0 unspecified atom stereocenters. The van der Waals surface area contributed by atoms with Crippen molar-refractivity contribution in [2.45, 2.75) is 12.7 Å². The maximum Gasteiger partial charge on any atom is 0.371 e. The molecule has 0 aliphatic carbocycles. The Hall–Kier alpha value is -0.955. The second kappa shape index (κ2) is 4.51. The van der Waals surface area contributed by atoms with E-state index in [-0.39, 0.29) is 0 Å². The summed E-state index contributed by atoms with van der Waals surface area (Å²) in [6.45, 7) is 1.57. The van der Waals surface area contributed by atoms with Crippen LogP contribution in [0.5, 0.6) is 5.75 Å². The summed E-state index contributed by atoms with van der Waals surface area (Å²) in [6, 6.07) is 10.1. The van der Waals surface area contributed by atoms with E-state index in [9.17, 15) is 0 Å². The maximum atomic E-state index is 5.88. The molecule has 3 heteroatoms. The summed E-state index contributed by atoms with van der Waals surface area (Å²) in [5, 5.41) is 0. The van der Waals surface area contributed by atoms with Crippen molar-refractivity contribution in [2.24, 2.45) is 0 Å². The van der Waals surface area contributed by atoms with Crippen LogP contribution in [0.2, 0.25) is 6.32 Å². The first kappa shape index (κ1) is 9.59. The van der Waals surface area contributed by atoms with Crippen LogP contribution in [0, 0.1) is 0 Å². The minimum atomic E-state index is 0.371. The van der Waals surface area contributed by atoms with Gasteiger partial charge in [-0.2, -0.15) is 0 Å². The first-order valence-corrected chi connectivity index (χ1v) is 5.25. The van der Waals surface area contributed by atoms with Crippen molar-refractivity contribution in [1.82, 2.24) is 4.90 Å². The van der Waals surface area contributed by atoms with Crippen molar-refractivity contribution in [3.8, 4) is 5.75 Å². The van der Waals surface area contributed by atoms with Gasteiger partial charge in [-0.25, -0.2) is 0 Å². The van der Waals surface area contributed by atoms with Crippen LogP contribution in [-0.2, 0) is 0 Å². The summed E-state index contributed by atoms with van der Waals surface area (Å²) in [6.07, 6.45) is 3.47. The molecule has 1 aliphatic heterocycles. The molecule has 74 valence electrons. The Morgan fingerprint density at radius 3 is 2.79 bits per heavy atom. The number of hydrogen-bond acceptors (Lipinski definition) is 2. The van der Waals surface area contributed by atoms with Gasteiger partial charge in [-0.3, -0.25) is 0 Å². The van der Waals surface area contributed by atoms with Crippen LogP contribution in [-0.4, -0.2) is 31.9 Å². The molecule has 1 fully saturated rings. The first-order chi connectivity index (χ1) is 6.84. The third-order valence-corrected chi connectivity index (χ3v) is 2.63. The Labute approximate surface area is 86.0 Å². The predicted octanol–water partition coefficient (Wildman–Crippen LogP) is 1.93. The lowest BCUT2D eigenvalue weighted by Crippen LogP contribution is -2.42. The lowest BCUT2D eigenvalue weighted by molar-refractivity contribution is 0.343. The summed E-state index contributed by atoms with van der Waals surface area (Å²) in [5.74, 6) is 0.993. The molecule has 0 spiro atoms. The summed E-state index contributed by atoms with van der Waals surface area (Å²) < 4.78 is 5.88. The van der Waals surface area contributed by atoms with Crippen molar-refractivity contribution in [1.29, 1.82) is 0 Å². The molecule has 1 aromatic rings. The van der Waals surface area contributed by atoms with E-state index in [1.165, 1.54) is 19.3 Å². The van der Waals surface area contributed by atoms with E-state index >= 15 is 0 Å². The highest BCUT2D eigenvalue weighted by atomic mass is 16.4. The summed E-state index contributed by atoms with van der Waals surface area (Å²) >= 11 is 0. The van der Waals surface area contributed by atoms with Gasteiger partial charge in [0, 0.05) is 6.44 Å². The molecule has 0 saturated carbocycles. The molecule has 0 radical (unpaired) electrons. The van der Waals surface area contributed by atoms with Gasteiger partial charge >= 0.3 is 6.92 Å². The summed E-state index contributed by atoms with van der Waals surface area (Å²) in [5.41, 5.74) is 0. The van der Waals surface area contributed by atoms with Gasteiger partial charge in [0.25, 0.3) is 0 Å².